The van der Waals surface area contributed by atoms with Crippen molar-refractivity contribution in [3.8, 4) is 16.9 Å². The Kier molecular flexibility index (Phi) is 7.38. The van der Waals surface area contributed by atoms with E-state index in [1.165, 1.54) is 0 Å². The minimum absolute atomic E-state index is 0.290. The summed E-state index contributed by atoms with van der Waals surface area (Å²) >= 11 is 0. The Bertz CT molecular complexity index is 831. The average molecular weight is 419 g/mol. The first-order chi connectivity index (χ1) is 14.1. The molecule has 1 amide bonds. The zero-order valence-corrected chi connectivity index (χ0v) is 17.1. The summed E-state index contributed by atoms with van der Waals surface area (Å²) in [6.07, 6.45) is 0.580. The number of carbonyl (C=O) groups excluding carboxylic acids is 1. The number of nitrogens with one attached hydrogen (secondary N) is 1. The van der Waals surface area contributed by atoms with E-state index in [1.54, 1.807) is 24.7 Å². The summed E-state index contributed by atoms with van der Waals surface area (Å²) in [6, 6.07) is 14.9. The van der Waals surface area contributed by atoms with Crippen LogP contribution in [-0.4, -0.2) is 53.6 Å². The Morgan fingerprint density at radius 3 is 2.21 bits per heavy atom. The second-order valence-corrected chi connectivity index (χ2v) is 8.50. The van der Waals surface area contributed by atoms with Crippen molar-refractivity contribution >= 4 is 16.7 Å². The monoisotopic (exact) mass is 419 g/mol. The number of benzene rings is 2. The van der Waals surface area contributed by atoms with Crippen molar-refractivity contribution in [3.63, 3.8) is 0 Å². The lowest BCUT2D eigenvalue weighted by Gasteiger charge is -2.33. The highest BCUT2D eigenvalue weighted by Gasteiger charge is 2.46. The molecule has 0 aliphatic carbocycles. The van der Waals surface area contributed by atoms with Crippen LogP contribution in [0.25, 0.3) is 11.1 Å². The van der Waals surface area contributed by atoms with Gasteiger partial charge < -0.3 is 14.2 Å². The van der Waals surface area contributed by atoms with Gasteiger partial charge in [0.25, 0.3) is 5.91 Å². The number of methoxy groups -OCH3 is 1. The Hall–Kier alpha value is -2.26. The number of carbonyl (C=O) groups is 1. The van der Waals surface area contributed by atoms with Crippen LogP contribution in [0.4, 0.5) is 0 Å². The van der Waals surface area contributed by atoms with Gasteiger partial charge in [0.15, 0.2) is 0 Å². The third-order valence-electron chi connectivity index (χ3n) is 4.98. The van der Waals surface area contributed by atoms with Crippen molar-refractivity contribution in [2.24, 2.45) is 0 Å². The maximum Gasteiger partial charge on any atom is 0.262 e. The van der Waals surface area contributed by atoms with Gasteiger partial charge in [-0.1, -0.05) is 24.3 Å². The molecule has 2 aromatic rings. The topological polar surface area (TPSA) is 94.1 Å². The largest absolute Gasteiger partial charge is 0.491 e. The van der Waals surface area contributed by atoms with Gasteiger partial charge in [0.05, 0.1) is 17.4 Å². The lowest BCUT2D eigenvalue weighted by Crippen LogP contribution is -2.52. The third kappa shape index (κ3) is 4.84. The molecule has 1 aliphatic heterocycles. The molecular formula is C21H25NO6S. The second kappa shape index (κ2) is 9.98. The summed E-state index contributed by atoms with van der Waals surface area (Å²) in [5.41, 5.74) is 3.64. The molecule has 1 heterocycles. The first-order valence-electron chi connectivity index (χ1n) is 9.37. The molecule has 2 aromatic carbocycles. The third-order valence-corrected chi connectivity index (χ3v) is 6.99. The van der Waals surface area contributed by atoms with Crippen LogP contribution in [0.1, 0.15) is 12.8 Å². The molecule has 1 atom stereocenters. The van der Waals surface area contributed by atoms with E-state index in [2.05, 4.69) is 0 Å². The molecule has 2 N–H and O–H groups in total. The zero-order chi connectivity index (χ0) is 20.7. The average Bonchev–Trinajstić information content (AvgIpc) is 2.79. The van der Waals surface area contributed by atoms with Gasteiger partial charge in [-0.15, -0.1) is 0 Å². The highest BCUT2D eigenvalue weighted by Crippen LogP contribution is 2.33. The maximum absolute atomic E-state index is 13.2. The number of hydrogen-bond donors (Lipinski definition) is 2. The number of amides is 1. The highest BCUT2D eigenvalue weighted by molar-refractivity contribution is 7.87. The molecule has 1 fully saturated rings. The minimum atomic E-state index is -1.62. The van der Waals surface area contributed by atoms with Gasteiger partial charge in [-0.2, -0.15) is 0 Å². The van der Waals surface area contributed by atoms with Gasteiger partial charge in [0, 0.05) is 25.2 Å². The zero-order valence-electron chi connectivity index (χ0n) is 16.3. The molecule has 0 radical (unpaired) electrons. The lowest BCUT2D eigenvalue weighted by molar-refractivity contribution is -0.134. The molecule has 29 heavy (non-hydrogen) atoms. The summed E-state index contributed by atoms with van der Waals surface area (Å²) in [6.45, 7) is 1.68. The van der Waals surface area contributed by atoms with Crippen LogP contribution >= 0.6 is 0 Å². The SMILES string of the molecule is COCCOc1ccc(-c2ccc(S(=O)C3(C(=O)NO)CCOCC3)cc2)cc1. The summed E-state index contributed by atoms with van der Waals surface area (Å²) in [4.78, 5) is 12.8. The van der Waals surface area contributed by atoms with Crippen LogP contribution in [0.2, 0.25) is 0 Å². The fraction of sp³-hybridized carbons (Fsp3) is 0.381. The fourth-order valence-corrected chi connectivity index (χ4v) is 4.87. The number of hydrogen-bond acceptors (Lipinski definition) is 6. The summed E-state index contributed by atoms with van der Waals surface area (Å²) in [7, 11) is 0.0127. The fourth-order valence-electron chi connectivity index (χ4n) is 3.28. The normalized spacial score (nSPS) is 16.8. The van der Waals surface area contributed by atoms with E-state index >= 15 is 0 Å². The Morgan fingerprint density at radius 1 is 1.07 bits per heavy atom. The van der Waals surface area contributed by atoms with Crippen LogP contribution < -0.4 is 10.2 Å². The lowest BCUT2D eigenvalue weighted by atomic mass is 9.98. The van der Waals surface area contributed by atoms with Crippen molar-refractivity contribution in [1.82, 2.24) is 5.48 Å². The van der Waals surface area contributed by atoms with E-state index in [-0.39, 0.29) is 12.8 Å². The van der Waals surface area contributed by atoms with Gasteiger partial charge in [0.1, 0.15) is 17.1 Å². The van der Waals surface area contributed by atoms with E-state index in [0.29, 0.717) is 31.3 Å². The molecule has 0 aromatic heterocycles. The highest BCUT2D eigenvalue weighted by atomic mass is 32.2. The predicted octanol–water partition coefficient (Wildman–Crippen LogP) is 2.54. The molecular weight excluding hydrogens is 394 g/mol. The predicted molar refractivity (Wildman–Crippen MR) is 108 cm³/mol. The Labute approximate surface area is 172 Å². The van der Waals surface area contributed by atoms with Crippen molar-refractivity contribution in [2.45, 2.75) is 22.5 Å². The number of hydroxylamine groups is 1. The first-order valence-corrected chi connectivity index (χ1v) is 10.5. The minimum Gasteiger partial charge on any atom is -0.491 e. The van der Waals surface area contributed by atoms with Crippen molar-refractivity contribution in [1.29, 1.82) is 0 Å². The van der Waals surface area contributed by atoms with Crippen LogP contribution in [0.3, 0.4) is 0 Å². The van der Waals surface area contributed by atoms with Gasteiger partial charge in [-0.3, -0.25) is 14.2 Å². The van der Waals surface area contributed by atoms with Crippen LogP contribution in [0, 0.1) is 0 Å². The van der Waals surface area contributed by atoms with Crippen molar-refractivity contribution in [2.75, 3.05) is 33.5 Å². The van der Waals surface area contributed by atoms with Gasteiger partial charge >= 0.3 is 0 Å². The maximum atomic E-state index is 13.2. The van der Waals surface area contributed by atoms with Crippen LogP contribution in [0.15, 0.2) is 53.4 Å². The molecule has 1 saturated heterocycles. The molecule has 0 bridgehead atoms. The van der Waals surface area contributed by atoms with Gasteiger partial charge in [-0.05, 0) is 48.2 Å². The van der Waals surface area contributed by atoms with E-state index in [4.69, 9.17) is 19.4 Å². The summed E-state index contributed by atoms with van der Waals surface area (Å²) < 4.78 is 27.9. The van der Waals surface area contributed by atoms with Gasteiger partial charge in [0.2, 0.25) is 0 Å². The Balaban J connectivity index is 1.75. The first kappa shape index (κ1) is 21.4. The van der Waals surface area contributed by atoms with Crippen LogP contribution in [0.5, 0.6) is 5.75 Å². The molecule has 1 aliphatic rings. The summed E-state index contributed by atoms with van der Waals surface area (Å²) in [5.74, 6) is 0.132. The molecule has 0 spiro atoms. The molecule has 8 heteroatoms. The number of rotatable bonds is 8. The molecule has 0 saturated carbocycles. The molecule has 3 rings (SSSR count). The molecule has 1 unspecified atom stereocenters. The number of ether oxygens (including phenoxy) is 3. The van der Waals surface area contributed by atoms with E-state index < -0.39 is 21.5 Å². The second-order valence-electron chi connectivity index (χ2n) is 6.71. The van der Waals surface area contributed by atoms with Crippen LogP contribution in [-0.2, 0) is 25.1 Å². The quantitative estimate of drug-likeness (QED) is 0.388. The van der Waals surface area contributed by atoms with Gasteiger partial charge in [-0.25, -0.2) is 5.48 Å². The molecule has 7 nitrogen and oxygen atoms in total. The smallest absolute Gasteiger partial charge is 0.262 e. The van der Waals surface area contributed by atoms with E-state index in [1.807, 2.05) is 36.4 Å². The van der Waals surface area contributed by atoms with Crippen molar-refractivity contribution in [3.05, 3.63) is 48.5 Å². The summed E-state index contributed by atoms with van der Waals surface area (Å²) in [5, 5.41) is 9.14. The van der Waals surface area contributed by atoms with E-state index in [0.717, 1.165) is 16.9 Å². The van der Waals surface area contributed by atoms with E-state index in [9.17, 15) is 9.00 Å². The Morgan fingerprint density at radius 2 is 1.66 bits per heavy atom. The molecule has 156 valence electrons. The van der Waals surface area contributed by atoms with Crippen molar-refractivity contribution < 1.29 is 28.4 Å². The standard InChI is InChI=1S/C21H25NO6S/c1-26-14-15-28-18-6-2-16(3-7-18)17-4-8-19(9-5-17)29(25)21(20(23)22-24)10-12-27-13-11-21/h2-9,24H,10-15H2,1H3,(H,22,23).